The SMILES string of the molecule is O=C1OC[C@H](CSCCSC[C@@H]2COC(=O)O2)O1. The summed E-state index contributed by atoms with van der Waals surface area (Å²) < 4.78 is 19.2. The van der Waals surface area contributed by atoms with Gasteiger partial charge in [0.15, 0.2) is 0 Å². The second-order valence-electron chi connectivity index (χ2n) is 3.75. The maximum atomic E-state index is 10.7. The predicted octanol–water partition coefficient (Wildman–Crippen LogP) is 1.52. The van der Waals surface area contributed by atoms with E-state index in [9.17, 15) is 9.59 Å². The third-order valence-corrected chi connectivity index (χ3v) is 4.74. The highest BCUT2D eigenvalue weighted by Gasteiger charge is 2.25. The largest absolute Gasteiger partial charge is 0.508 e. The van der Waals surface area contributed by atoms with Crippen molar-refractivity contribution in [2.24, 2.45) is 0 Å². The van der Waals surface area contributed by atoms with Gasteiger partial charge < -0.3 is 18.9 Å². The van der Waals surface area contributed by atoms with Crippen LogP contribution in [0.1, 0.15) is 0 Å². The van der Waals surface area contributed by atoms with E-state index in [1.165, 1.54) is 0 Å². The Kier molecular flexibility index (Phi) is 5.30. The van der Waals surface area contributed by atoms with E-state index in [0.29, 0.717) is 13.2 Å². The van der Waals surface area contributed by atoms with Crippen LogP contribution in [0.5, 0.6) is 0 Å². The summed E-state index contributed by atoms with van der Waals surface area (Å²) >= 11 is 3.44. The molecule has 0 spiro atoms. The van der Waals surface area contributed by atoms with Crippen LogP contribution in [0.2, 0.25) is 0 Å². The number of cyclic esters (lactones) is 4. The zero-order valence-electron chi connectivity index (χ0n) is 9.66. The van der Waals surface area contributed by atoms with Gasteiger partial charge in [-0.1, -0.05) is 0 Å². The van der Waals surface area contributed by atoms with Crippen LogP contribution in [0.25, 0.3) is 0 Å². The number of thioether (sulfide) groups is 2. The lowest BCUT2D eigenvalue weighted by Crippen LogP contribution is -2.14. The first-order valence-corrected chi connectivity index (χ1v) is 7.87. The molecule has 102 valence electrons. The number of carbonyl (C=O) groups is 2. The average molecular weight is 294 g/mol. The summed E-state index contributed by atoms with van der Waals surface area (Å²) in [5.74, 6) is 3.43. The number of ether oxygens (including phenoxy) is 4. The fourth-order valence-corrected chi connectivity index (χ4v) is 3.57. The molecule has 2 atom stereocenters. The van der Waals surface area contributed by atoms with Gasteiger partial charge >= 0.3 is 12.3 Å². The standard InChI is InChI=1S/C10H14O6S2/c11-9-13-3-7(15-9)5-17-1-2-18-6-8-4-14-10(12)16-8/h7-8H,1-6H2/t7-,8+. The molecule has 0 radical (unpaired) electrons. The normalized spacial score (nSPS) is 26.4. The van der Waals surface area contributed by atoms with Crippen molar-refractivity contribution < 1.29 is 28.5 Å². The van der Waals surface area contributed by atoms with Crippen LogP contribution >= 0.6 is 23.5 Å². The molecule has 0 aromatic rings. The molecule has 0 unspecified atom stereocenters. The van der Waals surface area contributed by atoms with Crippen LogP contribution in [-0.2, 0) is 18.9 Å². The average Bonchev–Trinajstić information content (AvgIpc) is 2.93. The molecule has 0 aromatic carbocycles. The first-order chi connectivity index (χ1) is 8.74. The molecule has 0 saturated carbocycles. The first kappa shape index (κ1) is 13.7. The van der Waals surface area contributed by atoms with Crippen LogP contribution in [0, 0.1) is 0 Å². The first-order valence-electron chi connectivity index (χ1n) is 5.56. The Bertz CT molecular complexity index is 281. The third-order valence-electron chi connectivity index (χ3n) is 2.28. The van der Waals surface area contributed by atoms with Gasteiger partial charge in [-0.2, -0.15) is 23.5 Å². The maximum Gasteiger partial charge on any atom is 0.508 e. The van der Waals surface area contributed by atoms with Gasteiger partial charge in [0.1, 0.15) is 25.4 Å². The van der Waals surface area contributed by atoms with E-state index in [1.54, 1.807) is 23.5 Å². The summed E-state index contributed by atoms with van der Waals surface area (Å²) in [5.41, 5.74) is 0. The van der Waals surface area contributed by atoms with Gasteiger partial charge in [0.25, 0.3) is 0 Å². The molecular weight excluding hydrogens is 280 g/mol. The van der Waals surface area contributed by atoms with Crippen molar-refractivity contribution in [2.75, 3.05) is 36.2 Å². The second kappa shape index (κ2) is 6.98. The summed E-state index contributed by atoms with van der Waals surface area (Å²) in [6, 6.07) is 0. The van der Waals surface area contributed by atoms with Crippen molar-refractivity contribution in [3.05, 3.63) is 0 Å². The van der Waals surface area contributed by atoms with E-state index in [2.05, 4.69) is 9.47 Å². The lowest BCUT2D eigenvalue weighted by Gasteiger charge is -2.07. The Hall–Kier alpha value is -0.760. The van der Waals surface area contributed by atoms with Crippen LogP contribution in [0.3, 0.4) is 0 Å². The maximum absolute atomic E-state index is 10.7. The Labute approximate surface area is 113 Å². The fourth-order valence-electron chi connectivity index (χ4n) is 1.44. The van der Waals surface area contributed by atoms with Crippen molar-refractivity contribution in [2.45, 2.75) is 12.2 Å². The molecular formula is C10H14O6S2. The van der Waals surface area contributed by atoms with Gasteiger partial charge in [0.05, 0.1) is 0 Å². The van der Waals surface area contributed by atoms with Crippen molar-refractivity contribution in [1.82, 2.24) is 0 Å². The van der Waals surface area contributed by atoms with E-state index in [4.69, 9.17) is 9.47 Å². The lowest BCUT2D eigenvalue weighted by atomic mass is 10.4. The molecule has 2 saturated heterocycles. The Morgan fingerprint density at radius 3 is 1.67 bits per heavy atom. The minimum absolute atomic E-state index is 0.114. The van der Waals surface area contributed by atoms with Crippen LogP contribution < -0.4 is 0 Å². The van der Waals surface area contributed by atoms with Crippen LogP contribution in [0.15, 0.2) is 0 Å². The summed E-state index contributed by atoms with van der Waals surface area (Å²) in [6.45, 7) is 0.711. The summed E-state index contributed by atoms with van der Waals surface area (Å²) in [7, 11) is 0. The Balaban J connectivity index is 1.42. The van der Waals surface area contributed by atoms with Gasteiger partial charge in [-0.3, -0.25) is 0 Å². The molecule has 2 fully saturated rings. The van der Waals surface area contributed by atoms with Gasteiger partial charge in [-0.15, -0.1) is 0 Å². The zero-order chi connectivity index (χ0) is 12.8. The third kappa shape index (κ3) is 4.49. The smallest absolute Gasteiger partial charge is 0.430 e. The Morgan fingerprint density at radius 1 is 0.889 bits per heavy atom. The molecule has 2 rings (SSSR count). The van der Waals surface area contributed by atoms with E-state index in [0.717, 1.165) is 23.0 Å². The molecule has 2 heterocycles. The van der Waals surface area contributed by atoms with E-state index in [-0.39, 0.29) is 12.2 Å². The minimum Gasteiger partial charge on any atom is -0.430 e. The van der Waals surface area contributed by atoms with Gasteiger partial charge in [0, 0.05) is 23.0 Å². The van der Waals surface area contributed by atoms with Crippen LogP contribution in [-0.4, -0.2) is 60.7 Å². The van der Waals surface area contributed by atoms with E-state index < -0.39 is 12.3 Å². The summed E-state index contributed by atoms with van der Waals surface area (Å²) in [6.07, 6.45) is -1.37. The lowest BCUT2D eigenvalue weighted by molar-refractivity contribution is 0.121. The fraction of sp³-hybridized carbons (Fsp3) is 0.800. The Morgan fingerprint density at radius 2 is 1.33 bits per heavy atom. The van der Waals surface area contributed by atoms with Crippen LogP contribution in [0.4, 0.5) is 9.59 Å². The van der Waals surface area contributed by atoms with Crippen molar-refractivity contribution in [3.63, 3.8) is 0 Å². The predicted molar refractivity (Wildman–Crippen MR) is 67.1 cm³/mol. The summed E-state index contributed by atoms with van der Waals surface area (Å²) in [5, 5.41) is 0. The molecule has 8 heteroatoms. The number of rotatable bonds is 7. The quantitative estimate of drug-likeness (QED) is 0.517. The molecule has 6 nitrogen and oxygen atoms in total. The van der Waals surface area contributed by atoms with Gasteiger partial charge in [-0.25, -0.2) is 9.59 Å². The molecule has 0 aliphatic carbocycles. The number of hydrogen-bond acceptors (Lipinski definition) is 8. The summed E-state index contributed by atoms with van der Waals surface area (Å²) in [4.78, 5) is 21.3. The second-order valence-corrected chi connectivity index (χ2v) is 6.05. The number of hydrogen-bond donors (Lipinski definition) is 0. The van der Waals surface area contributed by atoms with E-state index >= 15 is 0 Å². The molecule has 0 N–H and O–H groups in total. The highest BCUT2D eigenvalue weighted by molar-refractivity contribution is 8.02. The molecule has 2 aliphatic rings. The van der Waals surface area contributed by atoms with Gasteiger partial charge in [0.2, 0.25) is 0 Å². The highest BCUT2D eigenvalue weighted by Crippen LogP contribution is 2.16. The van der Waals surface area contributed by atoms with E-state index in [1.807, 2.05) is 0 Å². The molecule has 2 aliphatic heterocycles. The monoisotopic (exact) mass is 294 g/mol. The van der Waals surface area contributed by atoms with Crippen molar-refractivity contribution in [3.8, 4) is 0 Å². The highest BCUT2D eigenvalue weighted by atomic mass is 32.2. The molecule has 0 amide bonds. The molecule has 18 heavy (non-hydrogen) atoms. The van der Waals surface area contributed by atoms with Crippen molar-refractivity contribution >= 4 is 35.8 Å². The minimum atomic E-state index is -0.571. The van der Waals surface area contributed by atoms with Crippen molar-refractivity contribution in [1.29, 1.82) is 0 Å². The molecule has 0 aromatic heterocycles. The number of carbonyl (C=O) groups excluding carboxylic acids is 2. The topological polar surface area (TPSA) is 71.1 Å². The molecule has 0 bridgehead atoms. The van der Waals surface area contributed by atoms with Gasteiger partial charge in [-0.05, 0) is 0 Å². The zero-order valence-corrected chi connectivity index (χ0v) is 11.3.